The van der Waals surface area contributed by atoms with E-state index in [1.807, 2.05) is 0 Å². The average Bonchev–Trinajstić information content (AvgIpc) is 2.16. The Labute approximate surface area is 81.3 Å². The lowest BCUT2D eigenvalue weighted by atomic mass is 10.2. The van der Waals surface area contributed by atoms with Gasteiger partial charge in [0, 0.05) is 11.6 Å². The average molecular weight is 197 g/mol. The molecule has 0 spiro atoms. The molecule has 5 nitrogen and oxygen atoms in total. The zero-order valence-corrected chi connectivity index (χ0v) is 7.98. The number of hydrogen-bond acceptors (Lipinski definition) is 4. The molecule has 0 saturated carbocycles. The summed E-state index contributed by atoms with van der Waals surface area (Å²) in [7, 11) is 2.94. The summed E-state index contributed by atoms with van der Waals surface area (Å²) in [4.78, 5) is 14.4. The van der Waals surface area contributed by atoms with Crippen molar-refractivity contribution in [1.29, 1.82) is 0 Å². The molecule has 0 atom stereocenters. The third-order valence-electron chi connectivity index (χ3n) is 1.69. The number of aliphatic carboxylic acids is 1. The maximum absolute atomic E-state index is 10.5. The number of carboxylic acids is 1. The molecule has 76 valence electrons. The van der Waals surface area contributed by atoms with Crippen LogP contribution in [0.15, 0.2) is 12.3 Å². The number of carbonyl (C=O) groups is 1. The summed E-state index contributed by atoms with van der Waals surface area (Å²) in [6.45, 7) is 0. The van der Waals surface area contributed by atoms with Gasteiger partial charge < -0.3 is 14.6 Å². The minimum atomic E-state index is -0.920. The monoisotopic (exact) mass is 197 g/mol. The molecule has 1 rings (SSSR count). The fourth-order valence-electron chi connectivity index (χ4n) is 1.06. The van der Waals surface area contributed by atoms with Gasteiger partial charge >= 0.3 is 5.97 Å². The SMILES string of the molecule is COc1cc(CC(=O)O)c(OC)cn1. The lowest BCUT2D eigenvalue weighted by molar-refractivity contribution is -0.136. The largest absolute Gasteiger partial charge is 0.495 e. The molecule has 0 fully saturated rings. The minimum Gasteiger partial charge on any atom is -0.495 e. The van der Waals surface area contributed by atoms with E-state index >= 15 is 0 Å². The molecule has 0 aliphatic heterocycles. The molecular weight excluding hydrogens is 186 g/mol. The molecule has 1 aromatic heterocycles. The predicted octanol–water partition coefficient (Wildman–Crippen LogP) is 0.726. The molecule has 0 aromatic carbocycles. The van der Waals surface area contributed by atoms with E-state index in [9.17, 15) is 4.79 Å². The number of rotatable bonds is 4. The smallest absolute Gasteiger partial charge is 0.307 e. The van der Waals surface area contributed by atoms with Crippen LogP contribution in [-0.2, 0) is 11.2 Å². The topological polar surface area (TPSA) is 68.7 Å². The van der Waals surface area contributed by atoms with Gasteiger partial charge in [-0.25, -0.2) is 4.98 Å². The molecule has 0 unspecified atom stereocenters. The molecule has 0 aliphatic carbocycles. The Balaban J connectivity index is 3.01. The maximum atomic E-state index is 10.5. The molecule has 0 radical (unpaired) electrons. The second kappa shape index (κ2) is 4.45. The van der Waals surface area contributed by atoms with Gasteiger partial charge in [-0.15, -0.1) is 0 Å². The number of aromatic nitrogens is 1. The minimum absolute atomic E-state index is 0.109. The molecule has 14 heavy (non-hydrogen) atoms. The molecule has 0 saturated heterocycles. The Hall–Kier alpha value is -1.78. The van der Waals surface area contributed by atoms with E-state index in [0.29, 0.717) is 17.2 Å². The van der Waals surface area contributed by atoms with Crippen molar-refractivity contribution in [2.75, 3.05) is 14.2 Å². The number of pyridine rings is 1. The zero-order valence-electron chi connectivity index (χ0n) is 7.98. The first-order valence-corrected chi connectivity index (χ1v) is 3.96. The molecular formula is C9H11NO4. The van der Waals surface area contributed by atoms with Gasteiger partial charge in [-0.1, -0.05) is 0 Å². The lowest BCUT2D eigenvalue weighted by Crippen LogP contribution is -2.03. The van der Waals surface area contributed by atoms with Crippen LogP contribution in [0.25, 0.3) is 0 Å². The molecule has 5 heteroatoms. The van der Waals surface area contributed by atoms with Crippen LogP contribution < -0.4 is 9.47 Å². The van der Waals surface area contributed by atoms with Gasteiger partial charge in [-0.2, -0.15) is 0 Å². The van der Waals surface area contributed by atoms with Crippen LogP contribution >= 0.6 is 0 Å². The van der Waals surface area contributed by atoms with E-state index in [2.05, 4.69) is 4.98 Å². The van der Waals surface area contributed by atoms with Crippen LogP contribution in [0.1, 0.15) is 5.56 Å². The van der Waals surface area contributed by atoms with Crippen molar-refractivity contribution in [3.8, 4) is 11.6 Å². The zero-order chi connectivity index (χ0) is 10.6. The molecule has 1 heterocycles. The molecule has 1 aromatic rings. The molecule has 0 amide bonds. The Morgan fingerprint density at radius 2 is 2.21 bits per heavy atom. The van der Waals surface area contributed by atoms with E-state index in [1.165, 1.54) is 20.4 Å². The highest BCUT2D eigenvalue weighted by Crippen LogP contribution is 2.21. The van der Waals surface area contributed by atoms with Crippen molar-refractivity contribution >= 4 is 5.97 Å². The third-order valence-corrected chi connectivity index (χ3v) is 1.69. The summed E-state index contributed by atoms with van der Waals surface area (Å²) >= 11 is 0. The summed E-state index contributed by atoms with van der Waals surface area (Å²) in [5.74, 6) is -0.0909. The number of hydrogen-bond donors (Lipinski definition) is 1. The van der Waals surface area contributed by atoms with Gasteiger partial charge in [0.15, 0.2) is 0 Å². The van der Waals surface area contributed by atoms with E-state index < -0.39 is 5.97 Å². The van der Waals surface area contributed by atoms with Crippen LogP contribution in [0.4, 0.5) is 0 Å². The van der Waals surface area contributed by atoms with Gasteiger partial charge in [0.2, 0.25) is 5.88 Å². The second-order valence-corrected chi connectivity index (χ2v) is 2.61. The molecule has 1 N–H and O–H groups in total. The summed E-state index contributed by atoms with van der Waals surface area (Å²) in [5, 5.41) is 8.63. The van der Waals surface area contributed by atoms with Crippen molar-refractivity contribution in [2.24, 2.45) is 0 Å². The highest BCUT2D eigenvalue weighted by molar-refractivity contribution is 5.71. The highest BCUT2D eigenvalue weighted by Gasteiger charge is 2.09. The Bertz CT molecular complexity index is 338. The Kier molecular flexibility index (Phi) is 3.28. The Morgan fingerprint density at radius 1 is 1.50 bits per heavy atom. The van der Waals surface area contributed by atoms with Crippen molar-refractivity contribution in [1.82, 2.24) is 4.98 Å². The van der Waals surface area contributed by atoms with Crippen LogP contribution in [0.2, 0.25) is 0 Å². The molecule has 0 bridgehead atoms. The van der Waals surface area contributed by atoms with Gasteiger partial charge in [0.1, 0.15) is 5.75 Å². The van der Waals surface area contributed by atoms with Crippen LogP contribution in [-0.4, -0.2) is 30.3 Å². The summed E-state index contributed by atoms with van der Waals surface area (Å²) in [6.07, 6.45) is 1.33. The van der Waals surface area contributed by atoms with Crippen molar-refractivity contribution < 1.29 is 19.4 Å². The second-order valence-electron chi connectivity index (χ2n) is 2.61. The number of carboxylic acid groups (broad SMARTS) is 1. The predicted molar refractivity (Wildman–Crippen MR) is 48.7 cm³/mol. The number of methoxy groups -OCH3 is 2. The fraction of sp³-hybridized carbons (Fsp3) is 0.333. The van der Waals surface area contributed by atoms with Crippen LogP contribution in [0.3, 0.4) is 0 Å². The quantitative estimate of drug-likeness (QED) is 0.770. The van der Waals surface area contributed by atoms with E-state index in [-0.39, 0.29) is 6.42 Å². The first kappa shape index (κ1) is 10.3. The van der Waals surface area contributed by atoms with Crippen molar-refractivity contribution in [3.63, 3.8) is 0 Å². The molecule has 0 aliphatic rings. The normalized spacial score (nSPS) is 9.57. The van der Waals surface area contributed by atoms with Gasteiger partial charge in [0.05, 0.1) is 26.8 Å². The van der Waals surface area contributed by atoms with E-state index in [0.717, 1.165) is 0 Å². The number of ether oxygens (including phenoxy) is 2. The van der Waals surface area contributed by atoms with Crippen molar-refractivity contribution in [2.45, 2.75) is 6.42 Å². The van der Waals surface area contributed by atoms with Crippen molar-refractivity contribution in [3.05, 3.63) is 17.8 Å². The maximum Gasteiger partial charge on any atom is 0.307 e. The van der Waals surface area contributed by atoms with E-state index in [1.54, 1.807) is 6.07 Å². The highest BCUT2D eigenvalue weighted by atomic mass is 16.5. The summed E-state index contributed by atoms with van der Waals surface area (Å²) in [6, 6.07) is 1.55. The van der Waals surface area contributed by atoms with E-state index in [4.69, 9.17) is 14.6 Å². The first-order chi connectivity index (χ1) is 6.67. The lowest BCUT2D eigenvalue weighted by Gasteiger charge is -2.07. The van der Waals surface area contributed by atoms with Gasteiger partial charge in [-0.05, 0) is 0 Å². The fourth-order valence-corrected chi connectivity index (χ4v) is 1.06. The third kappa shape index (κ3) is 2.35. The summed E-state index contributed by atoms with van der Waals surface area (Å²) in [5.41, 5.74) is 0.548. The Morgan fingerprint density at radius 3 is 2.71 bits per heavy atom. The summed E-state index contributed by atoms with van der Waals surface area (Å²) < 4.78 is 9.84. The van der Waals surface area contributed by atoms with Gasteiger partial charge in [0.25, 0.3) is 0 Å². The number of nitrogens with zero attached hydrogens (tertiary/aromatic N) is 1. The standard InChI is InChI=1S/C9H11NO4/c1-13-7-5-10-8(14-2)3-6(7)4-9(11)12/h3,5H,4H2,1-2H3,(H,11,12). The van der Waals surface area contributed by atoms with Crippen LogP contribution in [0.5, 0.6) is 11.6 Å². The first-order valence-electron chi connectivity index (χ1n) is 3.96. The van der Waals surface area contributed by atoms with Gasteiger partial charge in [-0.3, -0.25) is 4.79 Å². The van der Waals surface area contributed by atoms with Crippen LogP contribution in [0, 0.1) is 0 Å².